The first-order valence-electron chi connectivity index (χ1n) is 15.6. The number of aliphatic hydroxyl groups is 1. The molecular formula is C35H44N4O7S. The van der Waals surface area contributed by atoms with Crippen molar-refractivity contribution in [2.75, 3.05) is 20.3 Å². The van der Waals surface area contributed by atoms with Gasteiger partial charge in [-0.3, -0.25) is 19.2 Å². The number of likely N-dealkylation sites (tertiary alicyclic amines) is 1. The Labute approximate surface area is 279 Å². The summed E-state index contributed by atoms with van der Waals surface area (Å²) in [5.41, 5.74) is 4.95. The molecule has 0 bridgehead atoms. The number of rotatable bonds is 12. The minimum Gasteiger partial charge on any atom is -0.484 e. The van der Waals surface area contributed by atoms with Gasteiger partial charge in [0.25, 0.3) is 5.91 Å². The lowest BCUT2D eigenvalue weighted by Gasteiger charge is -2.35. The van der Waals surface area contributed by atoms with Crippen LogP contribution in [0.25, 0.3) is 10.4 Å². The van der Waals surface area contributed by atoms with E-state index in [2.05, 4.69) is 20.4 Å². The molecule has 0 aliphatic carbocycles. The molecule has 252 valence electrons. The monoisotopic (exact) mass is 664 g/mol. The van der Waals surface area contributed by atoms with Crippen molar-refractivity contribution in [1.82, 2.24) is 20.5 Å². The quantitative estimate of drug-likeness (QED) is 0.247. The van der Waals surface area contributed by atoms with Gasteiger partial charge in [-0.05, 0) is 54.5 Å². The van der Waals surface area contributed by atoms with Crippen LogP contribution in [0.2, 0.25) is 0 Å². The molecule has 11 nitrogen and oxygen atoms in total. The Hall–Kier alpha value is -4.29. The standard InChI is InChI=1S/C35H44N4O7S/c1-21(24-10-12-25(13-11-24)31-22(2)36-20-47-31)37-33(43)28-17-26(40)18-39(28)34(44)32(35(3,4)5)38-29(41)19-46-27-14-7-23(8-15-27)9-16-30(42)45-6/h7-8,10-15,20-21,26,28,32,40H,9,16-19H2,1-6H3,(H,37,43)(H,38,41)/t21-,26+,28-,32?/m0/s1. The van der Waals surface area contributed by atoms with Crippen molar-refractivity contribution in [3.05, 3.63) is 70.9 Å². The molecule has 12 heteroatoms. The molecule has 1 saturated heterocycles. The normalized spacial score (nSPS) is 17.5. The van der Waals surface area contributed by atoms with Crippen LogP contribution in [-0.2, 0) is 30.3 Å². The molecule has 4 rings (SSSR count). The molecule has 47 heavy (non-hydrogen) atoms. The molecular weight excluding hydrogens is 620 g/mol. The van der Waals surface area contributed by atoms with Crippen LogP contribution in [0.1, 0.15) is 63.4 Å². The van der Waals surface area contributed by atoms with E-state index in [0.29, 0.717) is 12.2 Å². The lowest BCUT2D eigenvalue weighted by atomic mass is 9.85. The zero-order valence-electron chi connectivity index (χ0n) is 27.7. The molecule has 4 atom stereocenters. The molecule has 1 aliphatic rings. The highest BCUT2D eigenvalue weighted by molar-refractivity contribution is 7.13. The van der Waals surface area contributed by atoms with E-state index in [1.165, 1.54) is 12.0 Å². The van der Waals surface area contributed by atoms with Crippen LogP contribution in [-0.4, -0.2) is 77.1 Å². The van der Waals surface area contributed by atoms with Crippen molar-refractivity contribution >= 4 is 35.0 Å². The molecule has 2 heterocycles. The maximum atomic E-state index is 13.9. The summed E-state index contributed by atoms with van der Waals surface area (Å²) in [4.78, 5) is 58.5. The zero-order chi connectivity index (χ0) is 34.3. The number of β-amino-alcohol motifs (C(OH)–C–C–N with tert-alkyl or cyclic N) is 1. The number of aromatic nitrogens is 1. The molecule has 1 unspecified atom stereocenters. The van der Waals surface area contributed by atoms with Crippen molar-refractivity contribution in [2.24, 2.45) is 5.41 Å². The third-order valence-corrected chi connectivity index (χ3v) is 9.18. The van der Waals surface area contributed by atoms with Gasteiger partial charge in [-0.15, -0.1) is 11.3 Å². The van der Waals surface area contributed by atoms with Crippen LogP contribution < -0.4 is 15.4 Å². The fourth-order valence-electron chi connectivity index (χ4n) is 5.47. The van der Waals surface area contributed by atoms with Gasteiger partial charge in [-0.2, -0.15) is 0 Å². The highest BCUT2D eigenvalue weighted by atomic mass is 32.1. The van der Waals surface area contributed by atoms with Crippen LogP contribution in [0.5, 0.6) is 5.75 Å². The largest absolute Gasteiger partial charge is 0.484 e. The Morgan fingerprint density at radius 1 is 1.06 bits per heavy atom. The van der Waals surface area contributed by atoms with E-state index in [1.807, 2.05) is 64.4 Å². The fourth-order valence-corrected chi connectivity index (χ4v) is 6.28. The zero-order valence-corrected chi connectivity index (χ0v) is 28.6. The third-order valence-electron chi connectivity index (χ3n) is 8.20. The van der Waals surface area contributed by atoms with E-state index >= 15 is 0 Å². The van der Waals surface area contributed by atoms with Gasteiger partial charge >= 0.3 is 5.97 Å². The predicted molar refractivity (Wildman–Crippen MR) is 179 cm³/mol. The van der Waals surface area contributed by atoms with Crippen LogP contribution in [0.15, 0.2) is 54.0 Å². The molecule has 0 spiro atoms. The minimum atomic E-state index is -0.972. The Kier molecular flexibility index (Phi) is 11.8. The number of benzene rings is 2. The number of esters is 1. The Morgan fingerprint density at radius 3 is 2.34 bits per heavy atom. The topological polar surface area (TPSA) is 147 Å². The Balaban J connectivity index is 1.36. The fraction of sp³-hybridized carbons (Fsp3) is 0.457. The molecule has 3 aromatic rings. The van der Waals surface area contributed by atoms with E-state index < -0.39 is 35.4 Å². The number of amides is 3. The van der Waals surface area contributed by atoms with Gasteiger partial charge in [0.15, 0.2) is 6.61 Å². The average molecular weight is 665 g/mol. The van der Waals surface area contributed by atoms with Gasteiger partial charge in [-0.1, -0.05) is 57.2 Å². The third kappa shape index (κ3) is 9.39. The van der Waals surface area contributed by atoms with Crippen LogP contribution in [0, 0.1) is 12.3 Å². The first-order chi connectivity index (χ1) is 22.3. The van der Waals surface area contributed by atoms with E-state index in [1.54, 1.807) is 35.6 Å². The summed E-state index contributed by atoms with van der Waals surface area (Å²) in [5.74, 6) is -1.16. The first-order valence-corrected chi connectivity index (χ1v) is 16.5. The van der Waals surface area contributed by atoms with Crippen molar-refractivity contribution in [1.29, 1.82) is 0 Å². The van der Waals surface area contributed by atoms with Gasteiger partial charge in [-0.25, -0.2) is 4.98 Å². The smallest absolute Gasteiger partial charge is 0.305 e. The van der Waals surface area contributed by atoms with Crippen LogP contribution in [0.3, 0.4) is 0 Å². The van der Waals surface area contributed by atoms with Gasteiger partial charge < -0.3 is 30.1 Å². The number of aryl methyl sites for hydroxylation is 2. The maximum absolute atomic E-state index is 13.9. The summed E-state index contributed by atoms with van der Waals surface area (Å²) in [5, 5.41) is 16.3. The number of thiazole rings is 1. The first kappa shape index (κ1) is 35.6. The van der Waals surface area contributed by atoms with Crippen molar-refractivity contribution in [3.8, 4) is 16.2 Å². The highest BCUT2D eigenvalue weighted by Crippen LogP contribution is 2.29. The lowest BCUT2D eigenvalue weighted by Crippen LogP contribution is -2.58. The molecule has 0 saturated carbocycles. The lowest BCUT2D eigenvalue weighted by molar-refractivity contribution is -0.144. The second-order valence-electron chi connectivity index (χ2n) is 12.9. The SMILES string of the molecule is COC(=O)CCc1ccc(OCC(=O)NC(C(=O)N2C[C@H](O)C[C@H]2C(=O)N[C@@H](C)c2ccc(-c3scnc3C)cc2)C(C)(C)C)cc1. The van der Waals surface area contributed by atoms with Gasteiger partial charge in [0, 0.05) is 19.4 Å². The summed E-state index contributed by atoms with van der Waals surface area (Å²) in [7, 11) is 1.35. The van der Waals surface area contributed by atoms with Crippen molar-refractivity contribution in [2.45, 2.75) is 78.1 Å². The minimum absolute atomic E-state index is 0.0184. The number of aliphatic hydroxyl groups excluding tert-OH is 1. The van der Waals surface area contributed by atoms with Gasteiger partial charge in [0.1, 0.15) is 17.8 Å². The maximum Gasteiger partial charge on any atom is 0.305 e. The Morgan fingerprint density at radius 2 is 1.74 bits per heavy atom. The van der Waals surface area contributed by atoms with E-state index in [0.717, 1.165) is 27.3 Å². The van der Waals surface area contributed by atoms with Crippen molar-refractivity contribution < 1.29 is 33.8 Å². The van der Waals surface area contributed by atoms with E-state index in [4.69, 9.17) is 4.74 Å². The number of carbonyl (C=O) groups is 4. The number of nitrogens with one attached hydrogen (secondary N) is 2. The summed E-state index contributed by atoms with van der Waals surface area (Å²) in [6.45, 7) is 8.96. The van der Waals surface area contributed by atoms with Gasteiger partial charge in [0.05, 0.1) is 35.3 Å². The highest BCUT2D eigenvalue weighted by Gasteiger charge is 2.44. The number of nitrogens with zero attached hydrogens (tertiary/aromatic N) is 2. The van der Waals surface area contributed by atoms with Crippen LogP contribution >= 0.6 is 11.3 Å². The summed E-state index contributed by atoms with van der Waals surface area (Å²) >= 11 is 1.57. The summed E-state index contributed by atoms with van der Waals surface area (Å²) in [6, 6.07) is 12.7. The predicted octanol–water partition coefficient (Wildman–Crippen LogP) is 3.97. The molecule has 1 aliphatic heterocycles. The molecule has 0 radical (unpaired) electrons. The average Bonchev–Trinajstić information content (AvgIpc) is 3.66. The number of hydrogen-bond acceptors (Lipinski definition) is 9. The molecule has 3 amide bonds. The number of ether oxygens (including phenoxy) is 2. The number of methoxy groups -OCH3 is 1. The Bertz CT molecular complexity index is 1550. The summed E-state index contributed by atoms with van der Waals surface area (Å²) in [6.07, 6.45) is 0.00530. The number of carbonyl (C=O) groups excluding carboxylic acids is 4. The molecule has 1 aromatic heterocycles. The summed E-state index contributed by atoms with van der Waals surface area (Å²) < 4.78 is 10.3. The van der Waals surface area contributed by atoms with Gasteiger partial charge in [0.2, 0.25) is 11.8 Å². The molecule has 1 fully saturated rings. The van der Waals surface area contributed by atoms with Crippen LogP contribution in [0.4, 0.5) is 0 Å². The van der Waals surface area contributed by atoms with E-state index in [-0.39, 0.29) is 43.9 Å². The molecule has 2 aromatic carbocycles. The van der Waals surface area contributed by atoms with E-state index in [9.17, 15) is 24.3 Å². The van der Waals surface area contributed by atoms with Crippen molar-refractivity contribution in [3.63, 3.8) is 0 Å². The second-order valence-corrected chi connectivity index (χ2v) is 13.7. The number of hydrogen-bond donors (Lipinski definition) is 3. The second kappa shape index (κ2) is 15.5. The molecule has 3 N–H and O–H groups in total.